The molecule has 112 valence electrons. The van der Waals surface area contributed by atoms with Crippen LogP contribution in [0, 0.1) is 0 Å². The molecule has 0 unspecified atom stereocenters. The van der Waals surface area contributed by atoms with Crippen molar-refractivity contribution in [3.05, 3.63) is 64.0 Å². The van der Waals surface area contributed by atoms with E-state index in [4.69, 9.17) is 23.2 Å². The van der Waals surface area contributed by atoms with Gasteiger partial charge in [0, 0.05) is 18.1 Å². The van der Waals surface area contributed by atoms with E-state index in [9.17, 15) is 4.79 Å². The summed E-state index contributed by atoms with van der Waals surface area (Å²) in [5.41, 5.74) is 2.41. The van der Waals surface area contributed by atoms with E-state index in [1.165, 1.54) is 6.07 Å². The summed E-state index contributed by atoms with van der Waals surface area (Å²) in [5, 5.41) is 4.54. The summed E-state index contributed by atoms with van der Waals surface area (Å²) in [5.74, 6) is -0.234. The maximum atomic E-state index is 12.0. The number of nitrogens with one attached hydrogen (secondary N) is 2. The van der Waals surface area contributed by atoms with Crippen molar-refractivity contribution in [1.82, 2.24) is 15.3 Å². The zero-order valence-corrected chi connectivity index (χ0v) is 13.1. The summed E-state index contributed by atoms with van der Waals surface area (Å²) < 4.78 is 0. The largest absolute Gasteiger partial charge is 0.350 e. The van der Waals surface area contributed by atoms with E-state index in [1.807, 2.05) is 30.3 Å². The number of amides is 1. The molecule has 1 amide bonds. The molecule has 0 aliphatic carbocycles. The average Bonchev–Trinajstić information content (AvgIpc) is 2.87. The molecule has 1 aromatic carbocycles. The number of hydrogen-bond donors (Lipinski definition) is 2. The van der Waals surface area contributed by atoms with Crippen LogP contribution in [-0.4, -0.2) is 22.4 Å². The molecule has 2 aromatic heterocycles. The predicted molar refractivity (Wildman–Crippen MR) is 88.6 cm³/mol. The minimum Gasteiger partial charge on any atom is -0.350 e. The Balaban J connectivity index is 1.66. The molecule has 6 heteroatoms. The van der Waals surface area contributed by atoms with Crippen LogP contribution in [0.2, 0.25) is 10.2 Å². The molecule has 0 saturated carbocycles. The number of fused-ring (bicyclic) bond motifs is 1. The fraction of sp³-hybridized carbons (Fsp3) is 0.125. The van der Waals surface area contributed by atoms with Crippen LogP contribution >= 0.6 is 23.2 Å². The van der Waals surface area contributed by atoms with E-state index in [2.05, 4.69) is 15.3 Å². The fourth-order valence-corrected chi connectivity index (χ4v) is 2.61. The first-order valence-electron chi connectivity index (χ1n) is 6.80. The van der Waals surface area contributed by atoms with E-state index in [0.717, 1.165) is 16.5 Å². The number of carbonyl (C=O) groups is 1. The van der Waals surface area contributed by atoms with Gasteiger partial charge in [0.1, 0.15) is 10.8 Å². The lowest BCUT2D eigenvalue weighted by Crippen LogP contribution is -2.26. The van der Waals surface area contributed by atoms with Gasteiger partial charge < -0.3 is 10.3 Å². The lowest BCUT2D eigenvalue weighted by atomic mass is 10.1. The van der Waals surface area contributed by atoms with Crippen molar-refractivity contribution < 1.29 is 4.79 Å². The van der Waals surface area contributed by atoms with Crippen LogP contribution in [0.25, 0.3) is 10.9 Å². The van der Waals surface area contributed by atoms with Gasteiger partial charge in [0.05, 0.1) is 10.5 Å². The zero-order valence-electron chi connectivity index (χ0n) is 11.6. The number of carbonyl (C=O) groups excluding carboxylic acids is 1. The van der Waals surface area contributed by atoms with Gasteiger partial charge in [-0.15, -0.1) is 0 Å². The van der Waals surface area contributed by atoms with E-state index >= 15 is 0 Å². The Morgan fingerprint density at radius 1 is 1.23 bits per heavy atom. The molecular formula is C16H13Cl2N3O. The van der Waals surface area contributed by atoms with Gasteiger partial charge in [-0.25, -0.2) is 0 Å². The minimum absolute atomic E-state index is 0.234. The van der Waals surface area contributed by atoms with E-state index in [1.54, 1.807) is 6.20 Å². The smallest absolute Gasteiger partial charge is 0.267 e. The second-order valence-corrected chi connectivity index (χ2v) is 5.63. The van der Waals surface area contributed by atoms with Crippen molar-refractivity contribution in [2.45, 2.75) is 6.42 Å². The summed E-state index contributed by atoms with van der Waals surface area (Å²) >= 11 is 11.6. The van der Waals surface area contributed by atoms with Gasteiger partial charge in [0.25, 0.3) is 5.91 Å². The molecule has 0 radical (unpaired) electrons. The molecule has 0 aliphatic rings. The van der Waals surface area contributed by atoms with Gasteiger partial charge in [0.15, 0.2) is 0 Å². The van der Waals surface area contributed by atoms with Crippen LogP contribution in [0.3, 0.4) is 0 Å². The number of nitrogens with zero attached hydrogens (tertiary/aromatic N) is 1. The van der Waals surface area contributed by atoms with Gasteiger partial charge in [-0.05, 0) is 24.1 Å². The molecule has 0 saturated heterocycles. The first kappa shape index (κ1) is 14.9. The highest BCUT2D eigenvalue weighted by atomic mass is 35.5. The normalized spacial score (nSPS) is 10.8. The number of aromatic nitrogens is 2. The van der Waals surface area contributed by atoms with Crippen LogP contribution in [0.15, 0.2) is 42.6 Å². The molecule has 0 aliphatic heterocycles. The Hall–Kier alpha value is -2.04. The third kappa shape index (κ3) is 3.08. The SMILES string of the molecule is O=C(NCCc1cccc2cccnc12)c1cc(Cl)c(Cl)[nH]1. The van der Waals surface area contributed by atoms with Crippen molar-refractivity contribution in [1.29, 1.82) is 0 Å². The molecule has 0 atom stereocenters. The van der Waals surface area contributed by atoms with E-state index in [-0.39, 0.29) is 11.1 Å². The third-order valence-corrected chi connectivity index (χ3v) is 4.06. The summed E-state index contributed by atoms with van der Waals surface area (Å²) in [6.07, 6.45) is 2.47. The maximum absolute atomic E-state index is 12.0. The van der Waals surface area contributed by atoms with Crippen LogP contribution in [0.5, 0.6) is 0 Å². The molecule has 2 N–H and O–H groups in total. The lowest BCUT2D eigenvalue weighted by molar-refractivity contribution is 0.0950. The average molecular weight is 334 g/mol. The third-order valence-electron chi connectivity index (χ3n) is 3.37. The van der Waals surface area contributed by atoms with Crippen LogP contribution < -0.4 is 5.32 Å². The Morgan fingerprint density at radius 2 is 2.05 bits per heavy atom. The standard InChI is InChI=1S/C16H13Cl2N3O/c17-12-9-13(21-15(12)18)16(22)20-8-6-11-4-1-3-10-5-2-7-19-14(10)11/h1-5,7,9,21H,6,8H2,(H,20,22). The number of aromatic amines is 1. The van der Waals surface area contributed by atoms with Crippen molar-refractivity contribution in [2.24, 2.45) is 0 Å². The van der Waals surface area contributed by atoms with Gasteiger partial charge >= 0.3 is 0 Å². The highest BCUT2D eigenvalue weighted by Crippen LogP contribution is 2.21. The second-order valence-electron chi connectivity index (χ2n) is 4.84. The second kappa shape index (κ2) is 6.38. The Labute approximate surface area is 137 Å². The van der Waals surface area contributed by atoms with Crippen molar-refractivity contribution >= 4 is 40.0 Å². The van der Waals surface area contributed by atoms with Crippen molar-refractivity contribution in [3.8, 4) is 0 Å². The van der Waals surface area contributed by atoms with E-state index in [0.29, 0.717) is 23.7 Å². The summed E-state index contributed by atoms with van der Waals surface area (Å²) in [6, 6.07) is 11.5. The van der Waals surface area contributed by atoms with Gasteiger partial charge in [-0.1, -0.05) is 47.5 Å². The summed E-state index contributed by atoms with van der Waals surface area (Å²) in [6.45, 7) is 0.503. The Kier molecular flexibility index (Phi) is 4.32. The van der Waals surface area contributed by atoms with Gasteiger partial charge in [-0.3, -0.25) is 9.78 Å². The topological polar surface area (TPSA) is 57.8 Å². The first-order chi connectivity index (χ1) is 10.6. The van der Waals surface area contributed by atoms with Crippen LogP contribution in [0.4, 0.5) is 0 Å². The fourth-order valence-electron chi connectivity index (χ4n) is 2.30. The Bertz CT molecular complexity index is 804. The molecule has 0 spiro atoms. The van der Waals surface area contributed by atoms with Crippen molar-refractivity contribution in [2.75, 3.05) is 6.54 Å². The van der Waals surface area contributed by atoms with E-state index < -0.39 is 0 Å². The number of pyridine rings is 1. The first-order valence-corrected chi connectivity index (χ1v) is 7.55. The van der Waals surface area contributed by atoms with Crippen LogP contribution in [0.1, 0.15) is 16.1 Å². The predicted octanol–water partition coefficient (Wildman–Crippen LogP) is 3.84. The molecule has 3 rings (SSSR count). The highest BCUT2D eigenvalue weighted by Gasteiger charge is 2.11. The maximum Gasteiger partial charge on any atom is 0.267 e. The number of H-pyrrole nitrogens is 1. The molecule has 0 fully saturated rings. The molecule has 22 heavy (non-hydrogen) atoms. The molecular weight excluding hydrogens is 321 g/mol. The zero-order chi connectivity index (χ0) is 15.5. The molecule has 0 bridgehead atoms. The number of halogens is 2. The molecule has 2 heterocycles. The highest BCUT2D eigenvalue weighted by molar-refractivity contribution is 6.41. The Morgan fingerprint density at radius 3 is 2.82 bits per heavy atom. The number of hydrogen-bond acceptors (Lipinski definition) is 2. The quantitative estimate of drug-likeness (QED) is 0.762. The van der Waals surface area contributed by atoms with Crippen LogP contribution in [-0.2, 0) is 6.42 Å². The number of benzene rings is 1. The number of rotatable bonds is 4. The summed E-state index contributed by atoms with van der Waals surface area (Å²) in [7, 11) is 0. The summed E-state index contributed by atoms with van der Waals surface area (Å²) in [4.78, 5) is 19.1. The number of para-hydroxylation sites is 1. The van der Waals surface area contributed by atoms with Gasteiger partial charge in [-0.2, -0.15) is 0 Å². The molecule has 4 nitrogen and oxygen atoms in total. The minimum atomic E-state index is -0.234. The lowest BCUT2D eigenvalue weighted by Gasteiger charge is -2.06. The van der Waals surface area contributed by atoms with Gasteiger partial charge in [0.2, 0.25) is 0 Å². The molecule has 3 aromatic rings. The monoisotopic (exact) mass is 333 g/mol. The van der Waals surface area contributed by atoms with Crippen molar-refractivity contribution in [3.63, 3.8) is 0 Å².